The van der Waals surface area contributed by atoms with Gasteiger partial charge in [-0.15, -0.1) is 0 Å². The number of nitrogens with zero attached hydrogens (tertiary/aromatic N) is 3. The van der Waals surface area contributed by atoms with Crippen LogP contribution in [0, 0.1) is 0 Å². The monoisotopic (exact) mass is 290 g/mol. The quantitative estimate of drug-likeness (QED) is 0.767. The number of aromatic nitrogens is 1. The normalized spacial score (nSPS) is 16.8. The number of piperazine rings is 1. The lowest BCUT2D eigenvalue weighted by Crippen LogP contribution is -2.44. The van der Waals surface area contributed by atoms with Crippen molar-refractivity contribution in [2.24, 2.45) is 0 Å². The van der Waals surface area contributed by atoms with Gasteiger partial charge in [-0.3, -0.25) is 9.78 Å². The van der Waals surface area contributed by atoms with E-state index in [0.29, 0.717) is 5.69 Å². The number of nitrogens with one attached hydrogen (secondary N) is 1. The van der Waals surface area contributed by atoms with E-state index in [1.165, 1.54) is 39.1 Å². The highest BCUT2D eigenvalue weighted by Crippen LogP contribution is 2.03. The average molecular weight is 290 g/mol. The van der Waals surface area contributed by atoms with Crippen LogP contribution < -0.4 is 5.32 Å². The van der Waals surface area contributed by atoms with Crippen molar-refractivity contribution in [1.82, 2.24) is 20.1 Å². The maximum absolute atomic E-state index is 11.8. The minimum absolute atomic E-state index is 0.0744. The molecule has 116 valence electrons. The lowest BCUT2D eigenvalue weighted by molar-refractivity contribution is 0.0947. The Morgan fingerprint density at radius 2 is 2.00 bits per heavy atom. The molecule has 5 nitrogen and oxygen atoms in total. The summed E-state index contributed by atoms with van der Waals surface area (Å²) < 4.78 is 0. The van der Waals surface area contributed by atoms with Gasteiger partial charge in [0.2, 0.25) is 0 Å². The van der Waals surface area contributed by atoms with Gasteiger partial charge in [0.1, 0.15) is 5.69 Å². The Morgan fingerprint density at radius 3 is 2.71 bits per heavy atom. The summed E-state index contributed by atoms with van der Waals surface area (Å²) in [5.41, 5.74) is 0.495. The highest BCUT2D eigenvalue weighted by molar-refractivity contribution is 5.92. The van der Waals surface area contributed by atoms with E-state index in [2.05, 4.69) is 27.1 Å². The van der Waals surface area contributed by atoms with E-state index < -0.39 is 0 Å². The van der Waals surface area contributed by atoms with Crippen molar-refractivity contribution < 1.29 is 4.79 Å². The standard InChI is InChI=1S/C16H26N4O/c1-19-11-13-20(14-12-19)10-6-2-4-9-18-16(21)15-7-3-5-8-17-15/h3,5,7-8H,2,4,6,9-14H2,1H3,(H,18,21). The topological polar surface area (TPSA) is 48.5 Å². The van der Waals surface area contributed by atoms with Gasteiger partial charge in [-0.2, -0.15) is 0 Å². The number of likely N-dealkylation sites (N-methyl/N-ethyl adjacent to an activating group) is 1. The number of unbranched alkanes of at least 4 members (excludes halogenated alkanes) is 2. The first-order chi connectivity index (χ1) is 10.3. The number of hydrogen-bond donors (Lipinski definition) is 1. The van der Waals surface area contributed by atoms with Crippen LogP contribution in [0.4, 0.5) is 0 Å². The van der Waals surface area contributed by atoms with Crippen LogP contribution in [0.25, 0.3) is 0 Å². The smallest absolute Gasteiger partial charge is 0.269 e. The lowest BCUT2D eigenvalue weighted by Gasteiger charge is -2.32. The Morgan fingerprint density at radius 1 is 1.19 bits per heavy atom. The molecule has 21 heavy (non-hydrogen) atoms. The molecule has 1 fully saturated rings. The van der Waals surface area contributed by atoms with Crippen molar-refractivity contribution in [2.75, 3.05) is 46.3 Å². The largest absolute Gasteiger partial charge is 0.351 e. The first-order valence-corrected chi connectivity index (χ1v) is 7.86. The second kappa shape index (κ2) is 8.74. The van der Waals surface area contributed by atoms with E-state index in [0.717, 1.165) is 19.4 Å². The fraction of sp³-hybridized carbons (Fsp3) is 0.625. The van der Waals surface area contributed by atoms with Crippen molar-refractivity contribution in [3.8, 4) is 0 Å². The van der Waals surface area contributed by atoms with E-state index in [-0.39, 0.29) is 5.91 Å². The molecule has 1 aromatic heterocycles. The summed E-state index contributed by atoms with van der Waals surface area (Å²) in [4.78, 5) is 20.7. The molecular weight excluding hydrogens is 264 g/mol. The van der Waals surface area contributed by atoms with Crippen LogP contribution in [-0.2, 0) is 0 Å². The second-order valence-electron chi connectivity index (χ2n) is 5.68. The highest BCUT2D eigenvalue weighted by atomic mass is 16.1. The molecule has 5 heteroatoms. The van der Waals surface area contributed by atoms with Gasteiger partial charge in [0, 0.05) is 38.9 Å². The first kappa shape index (κ1) is 15.9. The van der Waals surface area contributed by atoms with E-state index in [9.17, 15) is 4.79 Å². The molecule has 1 saturated heterocycles. The first-order valence-electron chi connectivity index (χ1n) is 7.86. The van der Waals surface area contributed by atoms with E-state index in [1.54, 1.807) is 12.3 Å². The van der Waals surface area contributed by atoms with Crippen molar-refractivity contribution in [2.45, 2.75) is 19.3 Å². The maximum atomic E-state index is 11.8. The van der Waals surface area contributed by atoms with Gasteiger partial charge in [0.15, 0.2) is 0 Å². The Hall–Kier alpha value is -1.46. The van der Waals surface area contributed by atoms with E-state index in [1.807, 2.05) is 12.1 Å². The predicted molar refractivity (Wildman–Crippen MR) is 84.4 cm³/mol. The lowest BCUT2D eigenvalue weighted by atomic mass is 10.2. The molecule has 0 radical (unpaired) electrons. The molecule has 0 bridgehead atoms. The summed E-state index contributed by atoms with van der Waals surface area (Å²) in [5.74, 6) is -0.0744. The molecule has 0 spiro atoms. The van der Waals surface area contributed by atoms with Gasteiger partial charge in [0.05, 0.1) is 0 Å². The van der Waals surface area contributed by atoms with Crippen LogP contribution in [0.2, 0.25) is 0 Å². The predicted octanol–water partition coefficient (Wildman–Crippen LogP) is 1.23. The SMILES string of the molecule is CN1CCN(CCCCCNC(=O)c2ccccn2)CC1. The maximum Gasteiger partial charge on any atom is 0.269 e. The van der Waals surface area contributed by atoms with E-state index in [4.69, 9.17) is 0 Å². The molecular formula is C16H26N4O. The van der Waals surface area contributed by atoms with Gasteiger partial charge >= 0.3 is 0 Å². The summed E-state index contributed by atoms with van der Waals surface area (Å²) in [6.07, 6.45) is 5.05. The zero-order valence-electron chi connectivity index (χ0n) is 12.9. The van der Waals surface area contributed by atoms with Gasteiger partial charge in [0.25, 0.3) is 5.91 Å². The molecule has 0 aliphatic carbocycles. The Kier molecular flexibility index (Phi) is 6.63. The number of pyridine rings is 1. The Labute approximate surface area is 127 Å². The van der Waals surface area contributed by atoms with E-state index >= 15 is 0 Å². The molecule has 1 aliphatic heterocycles. The van der Waals surface area contributed by atoms with Crippen LogP contribution in [0.15, 0.2) is 24.4 Å². The van der Waals surface area contributed by atoms with Crippen LogP contribution in [-0.4, -0.2) is 67.0 Å². The molecule has 1 N–H and O–H groups in total. The third-order valence-electron chi connectivity index (χ3n) is 3.93. The number of rotatable bonds is 7. The summed E-state index contributed by atoms with van der Waals surface area (Å²) in [7, 11) is 2.18. The fourth-order valence-corrected chi connectivity index (χ4v) is 2.50. The van der Waals surface area contributed by atoms with Crippen molar-refractivity contribution in [3.63, 3.8) is 0 Å². The van der Waals surface area contributed by atoms with Crippen molar-refractivity contribution >= 4 is 5.91 Å². The third-order valence-corrected chi connectivity index (χ3v) is 3.93. The molecule has 1 aliphatic rings. The highest BCUT2D eigenvalue weighted by Gasteiger charge is 2.12. The van der Waals surface area contributed by atoms with Crippen molar-refractivity contribution in [3.05, 3.63) is 30.1 Å². The number of carbonyl (C=O) groups excluding carboxylic acids is 1. The second-order valence-corrected chi connectivity index (χ2v) is 5.68. The minimum atomic E-state index is -0.0744. The van der Waals surface area contributed by atoms with Crippen LogP contribution >= 0.6 is 0 Å². The average Bonchev–Trinajstić information content (AvgIpc) is 2.53. The molecule has 1 aromatic rings. The zero-order chi connectivity index (χ0) is 14.9. The van der Waals surface area contributed by atoms with Gasteiger partial charge in [-0.1, -0.05) is 12.5 Å². The number of carbonyl (C=O) groups is 1. The zero-order valence-corrected chi connectivity index (χ0v) is 12.9. The molecule has 2 heterocycles. The third kappa shape index (κ3) is 5.81. The Balaban J connectivity index is 1.49. The minimum Gasteiger partial charge on any atom is -0.351 e. The molecule has 0 aromatic carbocycles. The van der Waals surface area contributed by atoms with Crippen molar-refractivity contribution in [1.29, 1.82) is 0 Å². The number of amides is 1. The van der Waals surface area contributed by atoms with Crippen LogP contribution in [0.5, 0.6) is 0 Å². The summed E-state index contributed by atoms with van der Waals surface area (Å²) in [6.45, 7) is 6.65. The molecule has 0 saturated carbocycles. The molecule has 0 atom stereocenters. The van der Waals surface area contributed by atoms with Gasteiger partial charge in [-0.05, 0) is 38.6 Å². The summed E-state index contributed by atoms with van der Waals surface area (Å²) in [5, 5.41) is 2.92. The summed E-state index contributed by atoms with van der Waals surface area (Å²) >= 11 is 0. The Bertz CT molecular complexity index is 416. The number of hydrogen-bond acceptors (Lipinski definition) is 4. The van der Waals surface area contributed by atoms with Gasteiger partial charge < -0.3 is 15.1 Å². The fourth-order valence-electron chi connectivity index (χ4n) is 2.50. The molecule has 2 rings (SSSR count). The van der Waals surface area contributed by atoms with Gasteiger partial charge in [-0.25, -0.2) is 0 Å². The van der Waals surface area contributed by atoms with Crippen LogP contribution in [0.3, 0.4) is 0 Å². The molecule has 1 amide bonds. The van der Waals surface area contributed by atoms with Crippen LogP contribution in [0.1, 0.15) is 29.8 Å². The summed E-state index contributed by atoms with van der Waals surface area (Å²) in [6, 6.07) is 5.38. The molecule has 0 unspecified atom stereocenters.